The van der Waals surface area contributed by atoms with Crippen LogP contribution in [0.4, 0.5) is 5.69 Å². The van der Waals surface area contributed by atoms with E-state index in [2.05, 4.69) is 4.99 Å². The maximum absolute atomic E-state index is 12.6. The molecule has 2 aromatic carbocycles. The second-order valence-electron chi connectivity index (χ2n) is 6.29. The van der Waals surface area contributed by atoms with Crippen LogP contribution >= 0.6 is 11.3 Å². The first-order valence-electron chi connectivity index (χ1n) is 8.98. The number of non-ortho nitro benzene ring substituents is 1. The highest BCUT2D eigenvalue weighted by Crippen LogP contribution is 2.20. The molecule has 0 N–H and O–H groups in total. The van der Waals surface area contributed by atoms with Gasteiger partial charge >= 0.3 is 5.97 Å². The highest BCUT2D eigenvalue weighted by atomic mass is 32.1. The molecule has 0 saturated carbocycles. The summed E-state index contributed by atoms with van der Waals surface area (Å²) >= 11 is 1.33. The van der Waals surface area contributed by atoms with Crippen LogP contribution in [-0.4, -0.2) is 28.0 Å². The first-order valence-corrected chi connectivity index (χ1v) is 9.80. The number of esters is 1. The second kappa shape index (κ2) is 8.78. The zero-order valence-electron chi connectivity index (χ0n) is 16.0. The molecule has 0 aliphatic rings. The minimum absolute atomic E-state index is 0.129. The molecule has 150 valence electrons. The molecule has 1 amide bonds. The molecule has 0 atom stereocenters. The number of hydrogen-bond acceptors (Lipinski definition) is 6. The van der Waals surface area contributed by atoms with Crippen LogP contribution in [0.1, 0.15) is 29.3 Å². The van der Waals surface area contributed by atoms with Crippen molar-refractivity contribution in [2.45, 2.75) is 26.8 Å². The van der Waals surface area contributed by atoms with E-state index in [-0.39, 0.29) is 23.6 Å². The van der Waals surface area contributed by atoms with Crippen LogP contribution < -0.4 is 4.80 Å². The van der Waals surface area contributed by atoms with Gasteiger partial charge in [-0.05, 0) is 37.6 Å². The number of nitro benzene ring substituents is 1. The fourth-order valence-corrected chi connectivity index (χ4v) is 3.97. The number of ether oxygens (including phenoxy) is 1. The monoisotopic (exact) mass is 413 g/mol. The molecule has 3 aromatic rings. The fraction of sp³-hybridized carbons (Fsp3) is 0.250. The summed E-state index contributed by atoms with van der Waals surface area (Å²) in [5.41, 5.74) is 1.88. The third-order valence-electron chi connectivity index (χ3n) is 4.18. The van der Waals surface area contributed by atoms with E-state index in [0.717, 1.165) is 15.8 Å². The summed E-state index contributed by atoms with van der Waals surface area (Å²) in [6.07, 6.45) is 0.145. The minimum atomic E-state index is -0.582. The third-order valence-corrected chi connectivity index (χ3v) is 5.23. The van der Waals surface area contributed by atoms with E-state index in [9.17, 15) is 19.7 Å². The molecular formula is C20H19N3O5S. The number of carbonyl (C=O) groups is 2. The van der Waals surface area contributed by atoms with Crippen LogP contribution in [0.5, 0.6) is 0 Å². The Morgan fingerprint density at radius 3 is 2.76 bits per heavy atom. The molecule has 0 aliphatic carbocycles. The molecular weight excluding hydrogens is 394 g/mol. The summed E-state index contributed by atoms with van der Waals surface area (Å²) in [5.74, 6) is -0.913. The number of nitrogens with zero attached hydrogens (tertiary/aromatic N) is 3. The van der Waals surface area contributed by atoms with E-state index in [1.54, 1.807) is 11.5 Å². The lowest BCUT2D eigenvalue weighted by atomic mass is 10.2. The summed E-state index contributed by atoms with van der Waals surface area (Å²) < 4.78 is 7.71. The number of thiazole rings is 1. The molecule has 1 heterocycles. The maximum atomic E-state index is 12.6. The van der Waals surface area contributed by atoms with E-state index < -0.39 is 10.8 Å². The van der Waals surface area contributed by atoms with Gasteiger partial charge in [-0.3, -0.25) is 19.7 Å². The van der Waals surface area contributed by atoms with Crippen LogP contribution in [0.2, 0.25) is 0 Å². The number of carbonyl (C=O) groups excluding carboxylic acids is 2. The Kier molecular flexibility index (Phi) is 6.18. The molecule has 0 aliphatic heterocycles. The Bertz CT molecular complexity index is 1160. The number of aromatic nitrogens is 1. The number of fused-ring (bicyclic) bond motifs is 1. The molecule has 1 aromatic heterocycles. The quantitative estimate of drug-likeness (QED) is 0.349. The van der Waals surface area contributed by atoms with Gasteiger partial charge in [-0.2, -0.15) is 4.99 Å². The molecule has 29 heavy (non-hydrogen) atoms. The van der Waals surface area contributed by atoms with E-state index in [0.29, 0.717) is 18.0 Å². The first kappa shape index (κ1) is 20.4. The predicted octanol–water partition coefficient (Wildman–Crippen LogP) is 3.61. The summed E-state index contributed by atoms with van der Waals surface area (Å²) in [7, 11) is 0. The molecule has 0 radical (unpaired) electrons. The van der Waals surface area contributed by atoms with Gasteiger partial charge in [0.2, 0.25) is 0 Å². The molecule has 3 rings (SSSR count). The number of nitro groups is 1. The van der Waals surface area contributed by atoms with E-state index in [1.165, 1.54) is 35.6 Å². The van der Waals surface area contributed by atoms with Crippen molar-refractivity contribution in [2.75, 3.05) is 6.61 Å². The van der Waals surface area contributed by atoms with Gasteiger partial charge in [0.15, 0.2) is 4.80 Å². The van der Waals surface area contributed by atoms with Gasteiger partial charge in [0.25, 0.3) is 11.6 Å². The van der Waals surface area contributed by atoms with E-state index in [4.69, 9.17) is 4.74 Å². The SMILES string of the molecule is CCOC(=O)CCn1c(=NC(=O)c2cccc([N+](=O)[O-])c2)sc2cc(C)ccc21. The van der Waals surface area contributed by atoms with Crippen molar-refractivity contribution in [3.63, 3.8) is 0 Å². The Balaban J connectivity index is 2.03. The van der Waals surface area contributed by atoms with Gasteiger partial charge in [0, 0.05) is 24.2 Å². The third kappa shape index (κ3) is 4.75. The van der Waals surface area contributed by atoms with Crippen molar-refractivity contribution in [3.8, 4) is 0 Å². The molecule has 0 unspecified atom stereocenters. The van der Waals surface area contributed by atoms with Crippen molar-refractivity contribution < 1.29 is 19.2 Å². The lowest BCUT2D eigenvalue weighted by Gasteiger charge is -2.05. The first-order chi connectivity index (χ1) is 13.9. The molecule has 0 saturated heterocycles. The van der Waals surface area contributed by atoms with Crippen LogP contribution in [-0.2, 0) is 16.1 Å². The Hall–Kier alpha value is -3.33. The Morgan fingerprint density at radius 2 is 2.03 bits per heavy atom. The van der Waals surface area contributed by atoms with Gasteiger partial charge < -0.3 is 9.30 Å². The average Bonchev–Trinajstić information content (AvgIpc) is 3.02. The average molecular weight is 413 g/mol. The number of amides is 1. The Labute approximate surface area is 170 Å². The van der Waals surface area contributed by atoms with Gasteiger partial charge in [-0.1, -0.05) is 23.5 Å². The smallest absolute Gasteiger partial charge is 0.307 e. The second-order valence-corrected chi connectivity index (χ2v) is 7.30. The molecule has 0 bridgehead atoms. The number of benzene rings is 2. The molecule has 9 heteroatoms. The normalized spacial score (nSPS) is 11.6. The molecule has 8 nitrogen and oxygen atoms in total. The van der Waals surface area contributed by atoms with Crippen molar-refractivity contribution in [1.29, 1.82) is 0 Å². The predicted molar refractivity (Wildman–Crippen MR) is 109 cm³/mol. The number of rotatable bonds is 6. The summed E-state index contributed by atoms with van der Waals surface area (Å²) in [5, 5.41) is 11.0. The van der Waals surface area contributed by atoms with Crippen molar-refractivity contribution in [2.24, 2.45) is 4.99 Å². The zero-order valence-corrected chi connectivity index (χ0v) is 16.8. The highest BCUT2D eigenvalue weighted by molar-refractivity contribution is 7.16. The van der Waals surface area contributed by atoms with E-state index >= 15 is 0 Å². The summed E-state index contributed by atoms with van der Waals surface area (Å²) in [6.45, 7) is 4.32. The van der Waals surface area contributed by atoms with Crippen molar-refractivity contribution in [1.82, 2.24) is 4.57 Å². The van der Waals surface area contributed by atoms with Gasteiger partial charge in [0.05, 0.1) is 28.2 Å². The van der Waals surface area contributed by atoms with Gasteiger partial charge in [0.1, 0.15) is 0 Å². The molecule has 0 fully saturated rings. The lowest BCUT2D eigenvalue weighted by Crippen LogP contribution is -2.19. The topological polar surface area (TPSA) is 104 Å². The minimum Gasteiger partial charge on any atom is -0.466 e. The number of hydrogen-bond donors (Lipinski definition) is 0. The van der Waals surface area contributed by atoms with Crippen LogP contribution in [0.3, 0.4) is 0 Å². The summed E-state index contributed by atoms with van der Waals surface area (Å²) in [4.78, 5) is 39.4. The van der Waals surface area contributed by atoms with Gasteiger partial charge in [-0.15, -0.1) is 0 Å². The maximum Gasteiger partial charge on any atom is 0.307 e. The fourth-order valence-electron chi connectivity index (χ4n) is 2.82. The van der Waals surface area contributed by atoms with Gasteiger partial charge in [-0.25, -0.2) is 0 Å². The molecule has 0 spiro atoms. The highest BCUT2D eigenvalue weighted by Gasteiger charge is 2.14. The van der Waals surface area contributed by atoms with Crippen molar-refractivity contribution in [3.05, 3.63) is 68.5 Å². The Morgan fingerprint density at radius 1 is 1.24 bits per heavy atom. The van der Waals surface area contributed by atoms with Crippen LogP contribution in [0.15, 0.2) is 47.5 Å². The number of aryl methyl sites for hydroxylation is 2. The summed E-state index contributed by atoms with van der Waals surface area (Å²) in [6, 6.07) is 11.3. The lowest BCUT2D eigenvalue weighted by molar-refractivity contribution is -0.384. The van der Waals surface area contributed by atoms with E-state index in [1.807, 2.05) is 25.1 Å². The largest absolute Gasteiger partial charge is 0.466 e. The van der Waals surface area contributed by atoms with Crippen LogP contribution in [0, 0.1) is 17.0 Å². The van der Waals surface area contributed by atoms with Crippen LogP contribution in [0.25, 0.3) is 10.2 Å². The van der Waals surface area contributed by atoms with Crippen molar-refractivity contribution >= 4 is 39.1 Å². The standard InChI is InChI=1S/C20H19N3O5S/c1-3-28-18(24)9-10-22-16-8-7-13(2)11-17(16)29-20(22)21-19(25)14-5-4-6-15(12-14)23(26)27/h4-8,11-12H,3,9-10H2,1-2H3. The zero-order chi connectivity index (χ0) is 21.0.